The second-order valence-corrected chi connectivity index (χ2v) is 12.9. The molecule has 194 valence electrons. The van der Waals surface area contributed by atoms with Gasteiger partial charge in [-0.1, -0.05) is 60.2 Å². The van der Waals surface area contributed by atoms with Crippen LogP contribution in [0.25, 0.3) is 10.2 Å². The number of hydrogen-bond acceptors (Lipinski definition) is 5. The van der Waals surface area contributed by atoms with Gasteiger partial charge in [-0.05, 0) is 73.2 Å². The topological polar surface area (TPSA) is 71.4 Å². The second-order valence-electron chi connectivity index (χ2n) is 9.80. The van der Waals surface area contributed by atoms with Gasteiger partial charge >= 0.3 is 4.87 Å². The van der Waals surface area contributed by atoms with Gasteiger partial charge in [0.05, 0.1) is 21.7 Å². The molecule has 0 amide bonds. The van der Waals surface area contributed by atoms with E-state index in [9.17, 15) is 13.2 Å². The van der Waals surface area contributed by atoms with Crippen LogP contribution < -0.4 is 14.5 Å². The van der Waals surface area contributed by atoms with E-state index in [0.717, 1.165) is 35.6 Å². The van der Waals surface area contributed by atoms with Crippen molar-refractivity contribution in [1.82, 2.24) is 9.29 Å². The molecule has 1 N–H and O–H groups in total. The normalized spacial score (nSPS) is 17.3. The van der Waals surface area contributed by atoms with Crippen LogP contribution in [0.1, 0.15) is 43.9 Å². The van der Waals surface area contributed by atoms with Gasteiger partial charge in [-0.3, -0.25) is 9.36 Å². The van der Waals surface area contributed by atoms with Crippen LogP contribution in [0.5, 0.6) is 0 Å². The molecule has 1 saturated heterocycles. The minimum atomic E-state index is -3.79. The molecule has 2 unspecified atom stereocenters. The van der Waals surface area contributed by atoms with Crippen molar-refractivity contribution in [3.8, 4) is 0 Å². The lowest BCUT2D eigenvalue weighted by Gasteiger charge is -2.33. The highest BCUT2D eigenvalue weighted by Crippen LogP contribution is 2.27. The van der Waals surface area contributed by atoms with Crippen LogP contribution in [0.15, 0.2) is 76.4 Å². The SMILES string of the molecule is CC1CCCN(c2ccc(C(C)NS(=O)(=O)c3ccc4c(c3)sc(=O)n4Cc3ccccc3Cl)cc2)C1. The largest absolute Gasteiger partial charge is 0.371 e. The van der Waals surface area contributed by atoms with Crippen molar-refractivity contribution in [2.24, 2.45) is 5.92 Å². The third-order valence-corrected chi connectivity index (χ3v) is 9.83. The number of nitrogens with one attached hydrogen (secondary N) is 1. The van der Waals surface area contributed by atoms with E-state index in [4.69, 9.17) is 11.6 Å². The number of benzene rings is 3. The lowest BCUT2D eigenvalue weighted by atomic mass is 9.99. The van der Waals surface area contributed by atoms with Crippen molar-refractivity contribution >= 4 is 48.9 Å². The highest BCUT2D eigenvalue weighted by Gasteiger charge is 2.21. The zero-order chi connectivity index (χ0) is 26.2. The van der Waals surface area contributed by atoms with Crippen LogP contribution in [-0.4, -0.2) is 26.1 Å². The first kappa shape index (κ1) is 26.0. The van der Waals surface area contributed by atoms with E-state index in [2.05, 4.69) is 28.7 Å². The molecule has 0 bridgehead atoms. The summed E-state index contributed by atoms with van der Waals surface area (Å²) in [6, 6.07) is 19.9. The second kappa shape index (κ2) is 10.6. The third kappa shape index (κ3) is 5.62. The Morgan fingerprint density at radius 1 is 1.11 bits per heavy atom. The monoisotopic (exact) mass is 555 g/mol. The zero-order valence-electron chi connectivity index (χ0n) is 20.9. The van der Waals surface area contributed by atoms with Crippen molar-refractivity contribution in [2.75, 3.05) is 18.0 Å². The number of aromatic nitrogens is 1. The Kier molecular flexibility index (Phi) is 7.45. The Morgan fingerprint density at radius 3 is 2.59 bits per heavy atom. The van der Waals surface area contributed by atoms with E-state index in [1.165, 1.54) is 18.5 Å². The van der Waals surface area contributed by atoms with Crippen LogP contribution in [0, 0.1) is 5.92 Å². The summed E-state index contributed by atoms with van der Waals surface area (Å²) < 4.78 is 31.5. The number of sulfonamides is 1. The summed E-state index contributed by atoms with van der Waals surface area (Å²) in [5, 5.41) is 0.588. The minimum absolute atomic E-state index is 0.136. The van der Waals surface area contributed by atoms with Crippen LogP contribution >= 0.6 is 22.9 Å². The van der Waals surface area contributed by atoms with Gasteiger partial charge in [0.15, 0.2) is 0 Å². The number of halogens is 1. The molecule has 37 heavy (non-hydrogen) atoms. The molecule has 9 heteroatoms. The fourth-order valence-electron chi connectivity index (χ4n) is 4.93. The summed E-state index contributed by atoms with van der Waals surface area (Å²) >= 11 is 7.31. The fraction of sp³-hybridized carbons (Fsp3) is 0.321. The zero-order valence-corrected chi connectivity index (χ0v) is 23.2. The smallest absolute Gasteiger partial charge is 0.308 e. The van der Waals surface area contributed by atoms with Crippen LogP contribution in [-0.2, 0) is 16.6 Å². The van der Waals surface area contributed by atoms with Gasteiger partial charge in [0.25, 0.3) is 0 Å². The molecule has 3 aromatic carbocycles. The quantitative estimate of drug-likeness (QED) is 0.302. The van der Waals surface area contributed by atoms with E-state index in [-0.39, 0.29) is 9.77 Å². The number of thiazole rings is 1. The first-order chi connectivity index (χ1) is 17.7. The van der Waals surface area contributed by atoms with E-state index in [1.54, 1.807) is 28.8 Å². The van der Waals surface area contributed by atoms with E-state index < -0.39 is 16.1 Å². The number of fused-ring (bicyclic) bond motifs is 1. The highest BCUT2D eigenvalue weighted by atomic mass is 35.5. The highest BCUT2D eigenvalue weighted by molar-refractivity contribution is 7.89. The number of rotatable bonds is 7. The number of anilines is 1. The van der Waals surface area contributed by atoms with E-state index in [0.29, 0.717) is 27.7 Å². The summed E-state index contributed by atoms with van der Waals surface area (Å²) in [6.45, 7) is 6.55. The molecule has 6 nitrogen and oxygen atoms in total. The van der Waals surface area contributed by atoms with Gasteiger partial charge in [-0.25, -0.2) is 13.1 Å². The molecule has 0 aliphatic carbocycles. The molecular weight excluding hydrogens is 526 g/mol. The number of piperidine rings is 1. The van der Waals surface area contributed by atoms with Crippen molar-refractivity contribution in [3.05, 3.63) is 92.5 Å². The predicted molar refractivity (Wildman–Crippen MR) is 152 cm³/mol. The average Bonchev–Trinajstić information content (AvgIpc) is 3.19. The van der Waals surface area contributed by atoms with E-state index in [1.807, 2.05) is 37.3 Å². The summed E-state index contributed by atoms with van der Waals surface area (Å²) in [5.41, 5.74) is 3.59. The molecule has 1 aromatic heterocycles. The van der Waals surface area contributed by atoms with Gasteiger partial charge in [0.1, 0.15) is 0 Å². The van der Waals surface area contributed by atoms with Gasteiger partial charge in [-0.2, -0.15) is 0 Å². The van der Waals surface area contributed by atoms with Crippen LogP contribution in [0.3, 0.4) is 0 Å². The van der Waals surface area contributed by atoms with Gasteiger partial charge in [0.2, 0.25) is 10.0 Å². The first-order valence-electron chi connectivity index (χ1n) is 12.5. The lowest BCUT2D eigenvalue weighted by molar-refractivity contribution is 0.447. The Bertz CT molecular complexity index is 1580. The first-order valence-corrected chi connectivity index (χ1v) is 15.1. The average molecular weight is 556 g/mol. The van der Waals surface area contributed by atoms with Crippen molar-refractivity contribution in [1.29, 1.82) is 0 Å². The molecule has 1 fully saturated rings. The Hall–Kier alpha value is -2.65. The molecule has 5 rings (SSSR count). The van der Waals surface area contributed by atoms with Crippen LogP contribution in [0.2, 0.25) is 5.02 Å². The fourth-order valence-corrected chi connectivity index (χ4v) is 7.38. The number of nitrogens with zero attached hydrogens (tertiary/aromatic N) is 2. The third-order valence-electron chi connectivity index (χ3n) is 6.98. The molecule has 4 aromatic rings. The molecule has 2 heterocycles. The molecule has 0 radical (unpaired) electrons. The van der Waals surface area contributed by atoms with Gasteiger partial charge < -0.3 is 4.90 Å². The van der Waals surface area contributed by atoms with Crippen LogP contribution in [0.4, 0.5) is 5.69 Å². The molecule has 0 spiro atoms. The minimum Gasteiger partial charge on any atom is -0.371 e. The maximum Gasteiger partial charge on any atom is 0.308 e. The molecule has 1 aliphatic rings. The predicted octanol–water partition coefficient (Wildman–Crippen LogP) is 6.04. The molecule has 0 saturated carbocycles. The van der Waals surface area contributed by atoms with Crippen molar-refractivity contribution in [2.45, 2.75) is 44.2 Å². The Labute approximate surface area is 226 Å². The summed E-state index contributed by atoms with van der Waals surface area (Å²) in [4.78, 5) is 15.1. The maximum atomic E-state index is 13.2. The summed E-state index contributed by atoms with van der Waals surface area (Å²) in [5.74, 6) is 0.683. The summed E-state index contributed by atoms with van der Waals surface area (Å²) in [6.07, 6.45) is 2.46. The number of hydrogen-bond donors (Lipinski definition) is 1. The standard InChI is InChI=1S/C28H30ClN3O3S2/c1-19-6-5-15-31(17-19)23-11-9-21(10-12-23)20(2)30-37(34,35)24-13-14-26-27(16-24)36-28(33)32(26)18-22-7-3-4-8-25(22)29/h3-4,7-14,16,19-20,30H,5-6,15,17-18H2,1-2H3. The maximum absolute atomic E-state index is 13.2. The Balaban J connectivity index is 1.33. The van der Waals surface area contributed by atoms with E-state index >= 15 is 0 Å². The Morgan fingerprint density at radius 2 is 1.86 bits per heavy atom. The molecule has 1 aliphatic heterocycles. The lowest BCUT2D eigenvalue weighted by Crippen LogP contribution is -2.34. The summed E-state index contributed by atoms with van der Waals surface area (Å²) in [7, 11) is -3.79. The van der Waals surface area contributed by atoms with Gasteiger partial charge in [-0.15, -0.1) is 0 Å². The molecular formula is C28H30ClN3O3S2. The van der Waals surface area contributed by atoms with Crippen molar-refractivity contribution < 1.29 is 8.42 Å². The van der Waals surface area contributed by atoms with Crippen molar-refractivity contribution in [3.63, 3.8) is 0 Å². The van der Waals surface area contributed by atoms with Gasteiger partial charge in [0, 0.05) is 29.8 Å². The molecule has 2 atom stereocenters.